The molecule has 29 heavy (non-hydrogen) atoms. The third-order valence-electron chi connectivity index (χ3n) is 6.45. The van der Waals surface area contributed by atoms with Crippen LogP contribution in [0.25, 0.3) is 0 Å². The van der Waals surface area contributed by atoms with Crippen molar-refractivity contribution in [2.45, 2.75) is 45.1 Å². The van der Waals surface area contributed by atoms with Gasteiger partial charge in [-0.05, 0) is 43.0 Å². The van der Waals surface area contributed by atoms with Crippen LogP contribution in [-0.2, 0) is 6.61 Å². The van der Waals surface area contributed by atoms with Crippen molar-refractivity contribution in [1.29, 1.82) is 0 Å². The lowest BCUT2D eigenvalue weighted by molar-refractivity contribution is 0.246. The molecule has 0 atom stereocenters. The molecule has 0 spiro atoms. The van der Waals surface area contributed by atoms with Crippen LogP contribution in [-0.4, -0.2) is 37.6 Å². The van der Waals surface area contributed by atoms with E-state index in [0.717, 1.165) is 43.3 Å². The zero-order valence-corrected chi connectivity index (χ0v) is 17.4. The molecule has 0 unspecified atom stereocenters. The van der Waals surface area contributed by atoms with Gasteiger partial charge in [0.25, 0.3) is 0 Å². The molecule has 2 aliphatic rings. The molecule has 1 saturated carbocycles. The number of hydrogen-bond acceptors (Lipinski definition) is 3. The van der Waals surface area contributed by atoms with Crippen LogP contribution in [0.3, 0.4) is 0 Å². The molecule has 3 nitrogen and oxygen atoms in total. The van der Waals surface area contributed by atoms with E-state index in [4.69, 9.17) is 4.74 Å². The van der Waals surface area contributed by atoms with Gasteiger partial charge in [-0.3, -0.25) is 4.90 Å². The summed E-state index contributed by atoms with van der Waals surface area (Å²) >= 11 is 0. The summed E-state index contributed by atoms with van der Waals surface area (Å²) in [7, 11) is 0. The van der Waals surface area contributed by atoms with E-state index < -0.39 is 0 Å². The Morgan fingerprint density at radius 2 is 1.69 bits per heavy atom. The highest BCUT2D eigenvalue weighted by Crippen LogP contribution is 2.29. The second kappa shape index (κ2) is 10.1. The molecule has 0 aromatic heterocycles. The minimum atomic E-state index is -0.280. The van der Waals surface area contributed by atoms with Gasteiger partial charge in [0.05, 0.1) is 0 Å². The predicted octanol–water partition coefficient (Wildman–Crippen LogP) is 5.50. The summed E-state index contributed by atoms with van der Waals surface area (Å²) in [6.45, 7) is 5.67. The van der Waals surface area contributed by atoms with E-state index in [-0.39, 0.29) is 5.82 Å². The minimum Gasteiger partial charge on any atom is -0.486 e. The number of halogens is 1. The van der Waals surface area contributed by atoms with Gasteiger partial charge in [-0.25, -0.2) is 4.39 Å². The molecule has 1 aliphatic heterocycles. The lowest BCUT2D eigenvalue weighted by Gasteiger charge is -2.36. The summed E-state index contributed by atoms with van der Waals surface area (Å²) in [5.74, 6) is 1.03. The number of benzene rings is 2. The Hall–Kier alpha value is -2.07. The maximum atomic E-state index is 14.5. The van der Waals surface area contributed by atoms with Gasteiger partial charge < -0.3 is 9.64 Å². The van der Waals surface area contributed by atoms with E-state index in [9.17, 15) is 4.39 Å². The van der Waals surface area contributed by atoms with Gasteiger partial charge in [-0.2, -0.15) is 0 Å². The number of hydrogen-bond donors (Lipinski definition) is 0. The largest absolute Gasteiger partial charge is 0.486 e. The number of piperazine rings is 1. The van der Waals surface area contributed by atoms with Gasteiger partial charge in [0.1, 0.15) is 6.61 Å². The molecular weight excluding hydrogens is 363 g/mol. The maximum absolute atomic E-state index is 14.5. The zero-order valence-electron chi connectivity index (χ0n) is 17.4. The van der Waals surface area contributed by atoms with Crippen molar-refractivity contribution in [2.75, 3.05) is 37.6 Å². The average molecular weight is 397 g/mol. The fourth-order valence-corrected chi connectivity index (χ4v) is 4.67. The first-order valence-electron chi connectivity index (χ1n) is 11.2. The molecule has 1 saturated heterocycles. The Morgan fingerprint density at radius 3 is 2.41 bits per heavy atom. The highest BCUT2D eigenvalue weighted by atomic mass is 19.1. The zero-order chi connectivity index (χ0) is 19.9. The molecule has 0 bridgehead atoms. The maximum Gasteiger partial charge on any atom is 0.167 e. The SMILES string of the molecule is Fc1cc(N2CCN(CCCC3CCCC3)CC2)ccc1OCc1ccccc1. The first-order valence-corrected chi connectivity index (χ1v) is 11.2. The van der Waals surface area contributed by atoms with E-state index in [1.54, 1.807) is 12.1 Å². The molecule has 0 N–H and O–H groups in total. The first kappa shape index (κ1) is 20.2. The summed E-state index contributed by atoms with van der Waals surface area (Å²) in [6.07, 6.45) is 8.50. The van der Waals surface area contributed by atoms with E-state index in [0.29, 0.717) is 12.4 Å². The smallest absolute Gasteiger partial charge is 0.167 e. The highest BCUT2D eigenvalue weighted by Gasteiger charge is 2.19. The Kier molecular flexibility index (Phi) is 7.04. The van der Waals surface area contributed by atoms with Crippen molar-refractivity contribution in [3.63, 3.8) is 0 Å². The minimum absolute atomic E-state index is 0.280. The average Bonchev–Trinajstić information content (AvgIpc) is 3.28. The third-order valence-corrected chi connectivity index (χ3v) is 6.45. The summed E-state index contributed by atoms with van der Waals surface area (Å²) in [5.41, 5.74) is 2.00. The van der Waals surface area contributed by atoms with Crippen LogP contribution >= 0.6 is 0 Å². The predicted molar refractivity (Wildman–Crippen MR) is 117 cm³/mol. The van der Waals surface area contributed by atoms with Crippen LogP contribution in [0.5, 0.6) is 5.75 Å². The second-order valence-electron chi connectivity index (χ2n) is 8.51. The van der Waals surface area contributed by atoms with Crippen molar-refractivity contribution >= 4 is 5.69 Å². The van der Waals surface area contributed by atoms with E-state index in [1.807, 2.05) is 36.4 Å². The summed E-state index contributed by atoms with van der Waals surface area (Å²) in [4.78, 5) is 4.86. The van der Waals surface area contributed by atoms with Crippen LogP contribution in [0, 0.1) is 11.7 Å². The molecule has 0 radical (unpaired) electrons. The van der Waals surface area contributed by atoms with Gasteiger partial charge in [0, 0.05) is 37.9 Å². The lowest BCUT2D eigenvalue weighted by Crippen LogP contribution is -2.46. The first-order chi connectivity index (χ1) is 14.3. The number of ether oxygens (including phenoxy) is 1. The fourth-order valence-electron chi connectivity index (χ4n) is 4.67. The van der Waals surface area contributed by atoms with Crippen LogP contribution in [0.1, 0.15) is 44.1 Å². The molecule has 2 fully saturated rings. The van der Waals surface area contributed by atoms with Crippen LogP contribution in [0.4, 0.5) is 10.1 Å². The Labute approximate surface area is 174 Å². The molecular formula is C25H33FN2O. The fraction of sp³-hybridized carbons (Fsp3) is 0.520. The van der Waals surface area contributed by atoms with Crippen molar-refractivity contribution in [3.05, 3.63) is 59.9 Å². The van der Waals surface area contributed by atoms with E-state index >= 15 is 0 Å². The number of nitrogens with zero attached hydrogens (tertiary/aromatic N) is 2. The van der Waals surface area contributed by atoms with E-state index in [1.165, 1.54) is 45.1 Å². The van der Waals surface area contributed by atoms with Gasteiger partial charge in [0.2, 0.25) is 0 Å². The number of rotatable bonds is 8. The van der Waals surface area contributed by atoms with E-state index in [2.05, 4.69) is 9.80 Å². The van der Waals surface area contributed by atoms with Gasteiger partial charge in [0.15, 0.2) is 11.6 Å². The Morgan fingerprint density at radius 1 is 0.931 bits per heavy atom. The molecule has 0 amide bonds. The van der Waals surface area contributed by atoms with Crippen LogP contribution in [0.15, 0.2) is 48.5 Å². The monoisotopic (exact) mass is 396 g/mol. The molecule has 4 rings (SSSR count). The van der Waals surface area contributed by atoms with Gasteiger partial charge in [-0.15, -0.1) is 0 Å². The Balaban J connectivity index is 1.22. The standard InChI is InChI=1S/C25H33FN2O/c26-24-19-23(12-13-25(24)29-20-22-9-2-1-3-10-22)28-17-15-27(16-18-28)14-6-11-21-7-4-5-8-21/h1-3,9-10,12-13,19,21H,4-8,11,14-18,20H2. The quantitative estimate of drug-likeness (QED) is 0.586. The molecule has 2 aromatic carbocycles. The molecule has 1 heterocycles. The summed E-state index contributed by atoms with van der Waals surface area (Å²) < 4.78 is 20.2. The lowest BCUT2D eigenvalue weighted by atomic mass is 10.0. The van der Waals surface area contributed by atoms with Gasteiger partial charge >= 0.3 is 0 Å². The number of anilines is 1. The van der Waals surface area contributed by atoms with Crippen molar-refractivity contribution in [1.82, 2.24) is 4.90 Å². The highest BCUT2D eigenvalue weighted by molar-refractivity contribution is 5.50. The molecule has 2 aromatic rings. The second-order valence-corrected chi connectivity index (χ2v) is 8.51. The molecule has 4 heteroatoms. The molecule has 156 valence electrons. The third kappa shape index (κ3) is 5.72. The summed E-state index contributed by atoms with van der Waals surface area (Å²) in [6, 6.07) is 15.2. The van der Waals surface area contributed by atoms with Gasteiger partial charge in [-0.1, -0.05) is 56.0 Å². The van der Waals surface area contributed by atoms with Crippen LogP contribution in [0.2, 0.25) is 0 Å². The Bertz CT molecular complexity index is 753. The van der Waals surface area contributed by atoms with Crippen molar-refractivity contribution < 1.29 is 9.13 Å². The normalized spacial score (nSPS) is 18.3. The topological polar surface area (TPSA) is 15.7 Å². The molecule has 1 aliphatic carbocycles. The van der Waals surface area contributed by atoms with Crippen molar-refractivity contribution in [3.8, 4) is 5.75 Å². The van der Waals surface area contributed by atoms with Crippen molar-refractivity contribution in [2.24, 2.45) is 5.92 Å². The summed E-state index contributed by atoms with van der Waals surface area (Å²) in [5, 5.41) is 0. The van der Waals surface area contributed by atoms with Crippen LogP contribution < -0.4 is 9.64 Å².